The Morgan fingerprint density at radius 2 is 2.21 bits per heavy atom. The maximum Gasteiger partial charge on any atom is 0.264 e. The predicted molar refractivity (Wildman–Crippen MR) is 54.0 cm³/mol. The van der Waals surface area contributed by atoms with E-state index in [4.69, 9.17) is 9.29 Å². The quantitative estimate of drug-likeness (QED) is 0.493. The summed E-state index contributed by atoms with van der Waals surface area (Å²) >= 11 is 0. The van der Waals surface area contributed by atoms with Crippen LogP contribution < -0.4 is 5.32 Å². The summed E-state index contributed by atoms with van der Waals surface area (Å²) in [5.74, 6) is -0.174. The van der Waals surface area contributed by atoms with E-state index in [9.17, 15) is 8.42 Å². The van der Waals surface area contributed by atoms with E-state index >= 15 is 0 Å². The van der Waals surface area contributed by atoms with Crippen LogP contribution in [-0.4, -0.2) is 74.1 Å². The van der Waals surface area contributed by atoms with E-state index in [1.165, 1.54) is 0 Å². The van der Waals surface area contributed by atoms with Gasteiger partial charge in [-0.2, -0.15) is 8.42 Å². The largest absolute Gasteiger partial charge is 0.376 e. The van der Waals surface area contributed by atoms with Crippen molar-refractivity contribution in [3.8, 4) is 0 Å². The number of rotatable bonds is 4. The van der Waals surface area contributed by atoms with Crippen molar-refractivity contribution in [1.82, 2.24) is 5.32 Å². The van der Waals surface area contributed by atoms with E-state index in [0.717, 1.165) is 13.1 Å². The molecule has 0 amide bonds. The van der Waals surface area contributed by atoms with Crippen LogP contribution in [0.4, 0.5) is 0 Å². The van der Waals surface area contributed by atoms with Crippen molar-refractivity contribution in [3.63, 3.8) is 0 Å². The minimum absolute atomic E-state index is 0. The zero-order chi connectivity index (χ0) is 9.73. The summed E-state index contributed by atoms with van der Waals surface area (Å²) in [6, 6.07) is 0. The Morgan fingerprint density at radius 1 is 1.50 bits per heavy atom. The normalized spacial score (nSPS) is 22.8. The second kappa shape index (κ2) is 7.16. The Morgan fingerprint density at radius 3 is 2.71 bits per heavy atom. The van der Waals surface area contributed by atoms with Gasteiger partial charge in [0.1, 0.15) is 0 Å². The summed E-state index contributed by atoms with van der Waals surface area (Å²) in [7, 11) is -3.80. The van der Waals surface area contributed by atoms with Crippen molar-refractivity contribution in [2.24, 2.45) is 0 Å². The van der Waals surface area contributed by atoms with Gasteiger partial charge in [0, 0.05) is 42.6 Å². The molecule has 1 heterocycles. The number of ether oxygens (including phenoxy) is 1. The van der Waals surface area contributed by atoms with Crippen LogP contribution in [0.1, 0.15) is 12.8 Å². The fourth-order valence-electron chi connectivity index (χ4n) is 1.30. The van der Waals surface area contributed by atoms with Gasteiger partial charge in [-0.3, -0.25) is 4.55 Å². The van der Waals surface area contributed by atoms with Crippen molar-refractivity contribution in [1.29, 1.82) is 0 Å². The fourth-order valence-corrected chi connectivity index (χ4v) is 1.83. The Balaban J connectivity index is 0.00000169. The van der Waals surface area contributed by atoms with Crippen LogP contribution in [0, 0.1) is 0 Å². The van der Waals surface area contributed by atoms with Gasteiger partial charge in [0.15, 0.2) is 0 Å². The molecule has 0 aromatic rings. The average Bonchev–Trinajstić information content (AvgIpc) is 2.04. The molecule has 1 radical (unpaired) electrons. The third-order valence-electron chi connectivity index (χ3n) is 1.93. The summed E-state index contributed by atoms with van der Waals surface area (Å²) in [5, 5.41) is 3.15. The molecule has 1 saturated heterocycles. The molecule has 2 N–H and O–H groups in total. The SMILES string of the molecule is O=S(=O)(O)CCCC1CNCCO1.[Na]. The van der Waals surface area contributed by atoms with E-state index in [-0.39, 0.29) is 41.4 Å². The zero-order valence-corrected chi connectivity index (χ0v) is 11.2. The molecule has 0 spiro atoms. The molecule has 0 aromatic carbocycles. The molecule has 1 atom stereocenters. The second-order valence-corrected chi connectivity index (χ2v) is 4.70. The minimum atomic E-state index is -3.80. The van der Waals surface area contributed by atoms with Gasteiger partial charge in [0.05, 0.1) is 18.5 Å². The van der Waals surface area contributed by atoms with Crippen molar-refractivity contribution in [3.05, 3.63) is 0 Å². The standard InChI is InChI=1S/C7H15NO4S.Na/c9-13(10,11)5-1-2-7-6-8-3-4-12-7;/h7-8H,1-6H2,(H,9,10,11);. The maximum absolute atomic E-state index is 10.4. The Kier molecular flexibility index (Phi) is 7.59. The summed E-state index contributed by atoms with van der Waals surface area (Å²) in [5.41, 5.74) is 0. The minimum Gasteiger partial charge on any atom is -0.376 e. The first-order valence-corrected chi connectivity index (χ1v) is 5.96. The first kappa shape index (κ1) is 14.8. The summed E-state index contributed by atoms with van der Waals surface area (Å²) in [6.07, 6.45) is 1.22. The number of hydrogen-bond acceptors (Lipinski definition) is 4. The molecule has 1 unspecified atom stereocenters. The third-order valence-corrected chi connectivity index (χ3v) is 2.74. The monoisotopic (exact) mass is 232 g/mol. The van der Waals surface area contributed by atoms with Gasteiger partial charge in [-0.1, -0.05) is 0 Å². The van der Waals surface area contributed by atoms with Gasteiger partial charge in [-0.25, -0.2) is 0 Å². The Labute approximate surface area is 107 Å². The summed E-state index contributed by atoms with van der Waals surface area (Å²) in [6.45, 7) is 2.30. The molecule has 7 heteroatoms. The molecule has 0 saturated carbocycles. The summed E-state index contributed by atoms with van der Waals surface area (Å²) in [4.78, 5) is 0. The van der Waals surface area contributed by atoms with Gasteiger partial charge in [-0.05, 0) is 12.8 Å². The van der Waals surface area contributed by atoms with Gasteiger partial charge in [0.25, 0.3) is 10.1 Å². The first-order valence-electron chi connectivity index (χ1n) is 4.35. The van der Waals surface area contributed by atoms with Crippen LogP contribution in [0.2, 0.25) is 0 Å². The van der Waals surface area contributed by atoms with E-state index in [2.05, 4.69) is 5.32 Å². The van der Waals surface area contributed by atoms with Gasteiger partial charge in [0.2, 0.25) is 0 Å². The Hall–Kier alpha value is 0.830. The number of nitrogens with one attached hydrogen (secondary N) is 1. The van der Waals surface area contributed by atoms with Crippen LogP contribution in [0.25, 0.3) is 0 Å². The Bertz CT molecular complexity index is 238. The number of hydrogen-bond donors (Lipinski definition) is 2. The first-order chi connectivity index (χ1) is 6.08. The molecule has 0 aromatic heterocycles. The molecule has 14 heavy (non-hydrogen) atoms. The average molecular weight is 232 g/mol. The molecular weight excluding hydrogens is 217 g/mol. The second-order valence-electron chi connectivity index (χ2n) is 3.13. The van der Waals surface area contributed by atoms with Crippen molar-refractivity contribution < 1.29 is 17.7 Å². The third kappa shape index (κ3) is 7.17. The predicted octanol–water partition coefficient (Wildman–Crippen LogP) is -0.738. The molecule has 0 bridgehead atoms. The fraction of sp³-hybridized carbons (Fsp3) is 1.00. The smallest absolute Gasteiger partial charge is 0.264 e. The molecule has 0 aliphatic carbocycles. The van der Waals surface area contributed by atoms with Crippen LogP contribution in [0.3, 0.4) is 0 Å². The van der Waals surface area contributed by atoms with Gasteiger partial charge >= 0.3 is 0 Å². The number of morpholine rings is 1. The van der Waals surface area contributed by atoms with Gasteiger partial charge in [-0.15, -0.1) is 0 Å². The zero-order valence-electron chi connectivity index (χ0n) is 8.40. The molecule has 79 valence electrons. The molecule has 1 aliphatic rings. The van der Waals surface area contributed by atoms with Crippen LogP contribution >= 0.6 is 0 Å². The summed E-state index contributed by atoms with van der Waals surface area (Å²) < 4.78 is 34.6. The van der Waals surface area contributed by atoms with Crippen molar-refractivity contribution in [2.45, 2.75) is 18.9 Å². The van der Waals surface area contributed by atoms with Crippen molar-refractivity contribution in [2.75, 3.05) is 25.4 Å². The van der Waals surface area contributed by atoms with E-state index in [0.29, 0.717) is 19.4 Å². The topological polar surface area (TPSA) is 75.6 Å². The molecule has 1 fully saturated rings. The molecule has 1 rings (SSSR count). The van der Waals surface area contributed by atoms with Crippen LogP contribution in [0.5, 0.6) is 0 Å². The van der Waals surface area contributed by atoms with Crippen LogP contribution in [-0.2, 0) is 14.9 Å². The molecular formula is C7H15NNaO4S. The molecule has 1 aliphatic heterocycles. The molecule has 5 nitrogen and oxygen atoms in total. The maximum atomic E-state index is 10.4. The van der Waals surface area contributed by atoms with E-state index in [1.807, 2.05) is 0 Å². The van der Waals surface area contributed by atoms with Gasteiger partial charge < -0.3 is 10.1 Å². The van der Waals surface area contributed by atoms with E-state index < -0.39 is 10.1 Å². The van der Waals surface area contributed by atoms with Crippen LogP contribution in [0.15, 0.2) is 0 Å². The van der Waals surface area contributed by atoms with Crippen molar-refractivity contribution >= 4 is 39.7 Å². The van der Waals surface area contributed by atoms with E-state index in [1.54, 1.807) is 0 Å².